The Morgan fingerprint density at radius 1 is 1.50 bits per heavy atom. The van der Waals surface area contributed by atoms with Gasteiger partial charge in [0, 0.05) is 36.7 Å². The van der Waals surface area contributed by atoms with Crippen molar-refractivity contribution in [3.8, 4) is 0 Å². The second kappa shape index (κ2) is 5.61. The van der Waals surface area contributed by atoms with Gasteiger partial charge in [-0.25, -0.2) is 0 Å². The third-order valence-corrected chi connectivity index (χ3v) is 1.41. The van der Waals surface area contributed by atoms with E-state index in [4.69, 9.17) is 16.8 Å². The molecule has 0 aromatic heterocycles. The van der Waals surface area contributed by atoms with E-state index in [1.54, 1.807) is 18.2 Å². The number of hydrogen-bond donors (Lipinski definition) is 1. The molecule has 0 amide bonds. The normalized spacial score (nSPS) is 8.50. The van der Waals surface area contributed by atoms with Crippen LogP contribution in [0.1, 0.15) is 10.4 Å². The van der Waals surface area contributed by atoms with Crippen LogP contribution in [0.5, 0.6) is 0 Å². The number of nitrogens with zero attached hydrogens (tertiary/aromatic N) is 1. The zero-order valence-electron chi connectivity index (χ0n) is 5.99. The fourth-order valence-corrected chi connectivity index (χ4v) is 0.808. The summed E-state index contributed by atoms with van der Waals surface area (Å²) in [5, 5.41) is 7.75. The molecule has 0 spiro atoms. The second-order valence-corrected chi connectivity index (χ2v) is 2.27. The maximum atomic E-state index is 10.6. The predicted molar refractivity (Wildman–Crippen MR) is 41.4 cm³/mol. The Labute approximate surface area is 98.4 Å². The minimum Gasteiger partial charge on any atom is -0.565 e. The van der Waals surface area contributed by atoms with E-state index in [-0.39, 0.29) is 31.1 Å². The first-order chi connectivity index (χ1) is 5.24. The largest absolute Gasteiger partial charge is 0.565 e. The Hall–Kier alpha value is -0.00805. The maximum Gasteiger partial charge on any atom is 0.252 e. The molecule has 1 aromatic rings. The molecule has 0 aliphatic rings. The standard InChI is InChI=1S/C7H5ClNO2.U/c8-7(10)5-2-1-3-6(4-5)9-11;/h1-4,11H;/q-1;. The van der Waals surface area contributed by atoms with Crippen molar-refractivity contribution in [2.24, 2.45) is 0 Å². The topological polar surface area (TPSA) is 51.4 Å². The van der Waals surface area contributed by atoms with E-state index >= 15 is 0 Å². The van der Waals surface area contributed by atoms with E-state index in [1.807, 2.05) is 0 Å². The van der Waals surface area contributed by atoms with Crippen LogP contribution in [0.25, 0.3) is 5.48 Å². The predicted octanol–water partition coefficient (Wildman–Crippen LogP) is 2.46. The van der Waals surface area contributed by atoms with Crippen molar-refractivity contribution in [2.75, 3.05) is 0 Å². The molecule has 1 aromatic carbocycles. The molecule has 0 saturated carbocycles. The fraction of sp³-hybridized carbons (Fsp3) is 0. The number of carbonyl (C=O) groups is 1. The summed E-state index contributed by atoms with van der Waals surface area (Å²) in [6.07, 6.45) is 0. The van der Waals surface area contributed by atoms with Crippen LogP contribution in [0, 0.1) is 31.1 Å². The first-order valence-corrected chi connectivity index (χ1v) is 3.27. The molecular weight excluding hydrogens is 404 g/mol. The van der Waals surface area contributed by atoms with Crippen LogP contribution in [-0.2, 0) is 0 Å². The van der Waals surface area contributed by atoms with Gasteiger partial charge in [-0.05, 0) is 11.6 Å². The van der Waals surface area contributed by atoms with Crippen LogP contribution >= 0.6 is 11.6 Å². The zero-order valence-corrected chi connectivity index (χ0v) is 10.9. The van der Waals surface area contributed by atoms with Crippen molar-refractivity contribution in [3.63, 3.8) is 0 Å². The van der Waals surface area contributed by atoms with Gasteiger partial charge in [0.2, 0.25) is 0 Å². The number of rotatable bonds is 2. The molecule has 0 heterocycles. The van der Waals surface area contributed by atoms with Gasteiger partial charge in [-0.3, -0.25) is 4.79 Å². The summed E-state index contributed by atoms with van der Waals surface area (Å²) < 4.78 is 0. The van der Waals surface area contributed by atoms with Crippen LogP contribution < -0.4 is 0 Å². The summed E-state index contributed by atoms with van der Waals surface area (Å²) in [6, 6.07) is 6.09. The fourth-order valence-electron chi connectivity index (χ4n) is 0.690. The van der Waals surface area contributed by atoms with E-state index < -0.39 is 5.24 Å². The molecule has 0 saturated heterocycles. The van der Waals surface area contributed by atoms with Gasteiger partial charge in [-0.1, -0.05) is 24.3 Å². The van der Waals surface area contributed by atoms with E-state index in [0.717, 1.165) is 0 Å². The Morgan fingerprint density at radius 3 is 2.67 bits per heavy atom. The van der Waals surface area contributed by atoms with Gasteiger partial charge in [0.05, 0.1) is 0 Å². The molecule has 5 heteroatoms. The van der Waals surface area contributed by atoms with Gasteiger partial charge in [-0.15, -0.1) is 5.69 Å². The number of halogens is 1. The average molecular weight is 409 g/mol. The molecule has 0 aliphatic heterocycles. The molecular formula is C7H5ClNO2U-. The SMILES string of the molecule is O=C(Cl)c1cccc([N-]O)c1.[U]. The summed E-state index contributed by atoms with van der Waals surface area (Å²) >= 11 is 5.17. The molecule has 3 nitrogen and oxygen atoms in total. The molecule has 0 unspecified atom stereocenters. The Morgan fingerprint density at radius 2 is 2.17 bits per heavy atom. The average Bonchev–Trinajstić information content (AvgIpc) is 2.05. The van der Waals surface area contributed by atoms with Crippen LogP contribution in [0.4, 0.5) is 5.69 Å². The molecule has 1 rings (SSSR count). The van der Waals surface area contributed by atoms with Crippen molar-refractivity contribution in [1.29, 1.82) is 0 Å². The maximum absolute atomic E-state index is 10.6. The summed E-state index contributed by atoms with van der Waals surface area (Å²) in [4.78, 5) is 10.6. The first kappa shape index (κ1) is 12.0. The number of benzene rings is 1. The van der Waals surface area contributed by atoms with Crippen molar-refractivity contribution >= 4 is 22.5 Å². The van der Waals surface area contributed by atoms with E-state index in [0.29, 0.717) is 11.3 Å². The van der Waals surface area contributed by atoms with Crippen molar-refractivity contribution < 1.29 is 41.1 Å². The Balaban J connectivity index is 0.00000121. The van der Waals surface area contributed by atoms with Gasteiger partial charge < -0.3 is 10.7 Å². The Bertz CT molecular complexity index is 280. The van der Waals surface area contributed by atoms with Crippen molar-refractivity contribution in [3.05, 3.63) is 35.3 Å². The van der Waals surface area contributed by atoms with Crippen molar-refractivity contribution in [1.82, 2.24) is 0 Å². The third kappa shape index (κ3) is 3.16. The van der Waals surface area contributed by atoms with E-state index in [9.17, 15) is 4.79 Å². The molecule has 0 bridgehead atoms. The van der Waals surface area contributed by atoms with Gasteiger partial charge in [0.15, 0.2) is 0 Å². The molecule has 1 N–H and O–H groups in total. The number of carbonyl (C=O) groups excluding carboxylic acids is 1. The second-order valence-electron chi connectivity index (χ2n) is 1.92. The minimum atomic E-state index is -0.560. The minimum absolute atomic E-state index is 0. The summed E-state index contributed by atoms with van der Waals surface area (Å²) in [7, 11) is 0. The third-order valence-electron chi connectivity index (χ3n) is 1.19. The van der Waals surface area contributed by atoms with Crippen molar-refractivity contribution in [2.45, 2.75) is 0 Å². The van der Waals surface area contributed by atoms with Gasteiger partial charge >= 0.3 is 0 Å². The van der Waals surface area contributed by atoms with Gasteiger partial charge in [-0.2, -0.15) is 0 Å². The summed E-state index contributed by atoms with van der Waals surface area (Å²) in [6.45, 7) is 0. The smallest absolute Gasteiger partial charge is 0.252 e. The van der Waals surface area contributed by atoms with Crippen LogP contribution in [0.2, 0.25) is 0 Å². The van der Waals surface area contributed by atoms with Crippen LogP contribution in [-0.4, -0.2) is 10.4 Å². The molecule has 0 atom stereocenters. The van der Waals surface area contributed by atoms with Crippen LogP contribution in [0.3, 0.4) is 0 Å². The Kier molecular flexibility index (Phi) is 5.60. The van der Waals surface area contributed by atoms with Gasteiger partial charge in [0.25, 0.3) is 5.24 Å². The molecule has 12 heavy (non-hydrogen) atoms. The molecule has 0 radical (unpaired) electrons. The zero-order chi connectivity index (χ0) is 8.27. The molecule has 0 aliphatic carbocycles. The number of hydrogen-bond acceptors (Lipinski definition) is 2. The van der Waals surface area contributed by atoms with Gasteiger partial charge in [0.1, 0.15) is 0 Å². The molecule has 0 fully saturated rings. The van der Waals surface area contributed by atoms with E-state index in [2.05, 4.69) is 5.48 Å². The quantitative estimate of drug-likeness (QED) is 0.604. The monoisotopic (exact) mass is 408 g/mol. The molecule has 62 valence electrons. The van der Waals surface area contributed by atoms with E-state index in [1.165, 1.54) is 6.07 Å². The van der Waals surface area contributed by atoms with Crippen LogP contribution in [0.15, 0.2) is 24.3 Å². The summed E-state index contributed by atoms with van der Waals surface area (Å²) in [5.41, 5.74) is 3.54. The summed E-state index contributed by atoms with van der Waals surface area (Å²) in [5.74, 6) is 0. The first-order valence-electron chi connectivity index (χ1n) is 2.89.